The third kappa shape index (κ3) is 3.55. The van der Waals surface area contributed by atoms with E-state index in [4.69, 9.17) is 0 Å². The Labute approximate surface area is 162 Å². The van der Waals surface area contributed by atoms with Crippen molar-refractivity contribution in [3.05, 3.63) is 53.9 Å². The van der Waals surface area contributed by atoms with Crippen molar-refractivity contribution in [1.29, 1.82) is 0 Å². The van der Waals surface area contributed by atoms with E-state index in [1.54, 1.807) is 12.4 Å². The molecule has 2 aromatic rings. The Morgan fingerprint density at radius 3 is 2.32 bits per heavy atom. The molecular weight excluding hydrogens is 356 g/mol. The van der Waals surface area contributed by atoms with Crippen molar-refractivity contribution in [1.82, 2.24) is 20.2 Å². The maximum absolute atomic E-state index is 12.9. The first-order chi connectivity index (χ1) is 13.6. The number of aromatic nitrogens is 2. The standard InChI is InChI=1S/C21H20N4O3/c26-19-17(20(27)25(21(28)24-19)16-9-5-2-6-10-16)11-14-12-22-18(23-13-14)15-7-3-1-4-8-15/h1,3-4,7-8,11-13,16H,2,5-6,9-10H2,(H,24,26,28)/b17-11+. The highest BCUT2D eigenvalue weighted by molar-refractivity contribution is 6.31. The van der Waals surface area contributed by atoms with Gasteiger partial charge in [0.1, 0.15) is 5.57 Å². The van der Waals surface area contributed by atoms with Crippen LogP contribution in [0, 0.1) is 0 Å². The fraction of sp³-hybridized carbons (Fsp3) is 0.286. The lowest BCUT2D eigenvalue weighted by Crippen LogP contribution is -2.58. The summed E-state index contributed by atoms with van der Waals surface area (Å²) in [7, 11) is 0. The number of carbonyl (C=O) groups is 3. The van der Waals surface area contributed by atoms with E-state index < -0.39 is 17.8 Å². The zero-order valence-corrected chi connectivity index (χ0v) is 15.3. The Bertz CT molecular complexity index is 932. The van der Waals surface area contributed by atoms with Crippen LogP contribution < -0.4 is 5.32 Å². The van der Waals surface area contributed by atoms with Crippen LogP contribution in [0.4, 0.5) is 4.79 Å². The average Bonchev–Trinajstić information content (AvgIpc) is 2.73. The molecule has 142 valence electrons. The molecule has 2 fully saturated rings. The van der Waals surface area contributed by atoms with Crippen LogP contribution in [0.1, 0.15) is 37.7 Å². The number of imide groups is 2. The molecule has 0 spiro atoms. The summed E-state index contributed by atoms with van der Waals surface area (Å²) in [5, 5.41) is 2.28. The summed E-state index contributed by atoms with van der Waals surface area (Å²) in [5.41, 5.74) is 1.33. The first kappa shape index (κ1) is 18.0. The summed E-state index contributed by atoms with van der Waals surface area (Å²) in [6.45, 7) is 0. The van der Waals surface area contributed by atoms with Gasteiger partial charge in [-0.15, -0.1) is 0 Å². The van der Waals surface area contributed by atoms with Crippen LogP contribution >= 0.6 is 0 Å². The van der Waals surface area contributed by atoms with E-state index in [9.17, 15) is 14.4 Å². The monoisotopic (exact) mass is 376 g/mol. The van der Waals surface area contributed by atoms with Gasteiger partial charge in [-0.05, 0) is 18.9 Å². The highest BCUT2D eigenvalue weighted by Gasteiger charge is 2.40. The van der Waals surface area contributed by atoms with Crippen molar-refractivity contribution in [2.24, 2.45) is 0 Å². The SMILES string of the molecule is O=C1NC(=O)N(C2CCCCC2)C(=O)/C1=C/c1cnc(-c2ccccc2)nc1. The van der Waals surface area contributed by atoms with Gasteiger partial charge in [0.15, 0.2) is 5.82 Å². The van der Waals surface area contributed by atoms with Gasteiger partial charge in [-0.1, -0.05) is 49.6 Å². The molecule has 1 N–H and O–H groups in total. The Kier molecular flexibility index (Phi) is 4.97. The molecule has 0 atom stereocenters. The molecule has 1 aromatic heterocycles. The first-order valence-electron chi connectivity index (χ1n) is 9.41. The molecule has 1 aliphatic carbocycles. The topological polar surface area (TPSA) is 92.3 Å². The number of nitrogens with zero attached hydrogens (tertiary/aromatic N) is 3. The van der Waals surface area contributed by atoms with Crippen molar-refractivity contribution in [2.45, 2.75) is 38.1 Å². The number of barbiturate groups is 1. The van der Waals surface area contributed by atoms with Crippen molar-refractivity contribution in [2.75, 3.05) is 0 Å². The number of amides is 4. The van der Waals surface area contributed by atoms with Crippen LogP contribution in [0.2, 0.25) is 0 Å². The quantitative estimate of drug-likeness (QED) is 0.657. The van der Waals surface area contributed by atoms with E-state index in [2.05, 4.69) is 15.3 Å². The lowest BCUT2D eigenvalue weighted by Gasteiger charge is -2.35. The van der Waals surface area contributed by atoms with Crippen molar-refractivity contribution in [3.8, 4) is 11.4 Å². The average molecular weight is 376 g/mol. The molecular formula is C21H20N4O3. The van der Waals surface area contributed by atoms with E-state index in [-0.39, 0.29) is 11.6 Å². The molecule has 4 amide bonds. The highest BCUT2D eigenvalue weighted by Crippen LogP contribution is 2.26. The maximum atomic E-state index is 12.9. The Hall–Kier alpha value is -3.35. The van der Waals surface area contributed by atoms with Gasteiger partial charge in [-0.2, -0.15) is 0 Å². The van der Waals surface area contributed by atoms with Crippen LogP contribution in [0.25, 0.3) is 17.5 Å². The van der Waals surface area contributed by atoms with E-state index in [0.717, 1.165) is 37.7 Å². The third-order valence-electron chi connectivity index (χ3n) is 5.09. The van der Waals surface area contributed by atoms with Crippen LogP contribution in [0.15, 0.2) is 48.3 Å². The van der Waals surface area contributed by atoms with Gasteiger partial charge in [0.05, 0.1) is 0 Å². The minimum Gasteiger partial charge on any atom is -0.273 e. The molecule has 28 heavy (non-hydrogen) atoms. The fourth-order valence-electron chi connectivity index (χ4n) is 3.66. The first-order valence-corrected chi connectivity index (χ1v) is 9.41. The van der Waals surface area contributed by atoms with Crippen LogP contribution in [-0.4, -0.2) is 38.8 Å². The molecule has 2 heterocycles. The summed E-state index contributed by atoms with van der Waals surface area (Å²) >= 11 is 0. The zero-order chi connectivity index (χ0) is 19.5. The van der Waals surface area contributed by atoms with Gasteiger partial charge in [0, 0.05) is 29.6 Å². The molecule has 7 heteroatoms. The molecule has 7 nitrogen and oxygen atoms in total. The van der Waals surface area contributed by atoms with Gasteiger partial charge in [0.25, 0.3) is 11.8 Å². The molecule has 4 rings (SSSR count). The molecule has 1 aliphatic heterocycles. The molecule has 1 saturated heterocycles. The predicted octanol–water partition coefficient (Wildman–Crippen LogP) is 2.94. The minimum atomic E-state index is -0.686. The Morgan fingerprint density at radius 1 is 0.964 bits per heavy atom. The second kappa shape index (κ2) is 7.72. The van der Waals surface area contributed by atoms with Gasteiger partial charge >= 0.3 is 6.03 Å². The minimum absolute atomic E-state index is 0.0683. The molecule has 0 unspecified atom stereocenters. The number of benzene rings is 1. The van der Waals surface area contributed by atoms with Crippen LogP contribution in [0.3, 0.4) is 0 Å². The zero-order valence-electron chi connectivity index (χ0n) is 15.3. The van der Waals surface area contributed by atoms with E-state index in [1.807, 2.05) is 30.3 Å². The number of rotatable bonds is 3. The smallest absolute Gasteiger partial charge is 0.273 e. The number of hydrogen-bond acceptors (Lipinski definition) is 5. The summed E-state index contributed by atoms with van der Waals surface area (Å²) in [6.07, 6.45) is 9.16. The van der Waals surface area contributed by atoms with Crippen molar-refractivity contribution in [3.63, 3.8) is 0 Å². The van der Waals surface area contributed by atoms with Crippen molar-refractivity contribution >= 4 is 23.9 Å². The van der Waals surface area contributed by atoms with Gasteiger partial charge in [-0.25, -0.2) is 14.8 Å². The Morgan fingerprint density at radius 2 is 1.64 bits per heavy atom. The number of urea groups is 1. The van der Waals surface area contributed by atoms with Gasteiger partial charge in [0.2, 0.25) is 0 Å². The summed E-state index contributed by atoms with van der Waals surface area (Å²) in [4.78, 5) is 47.2. The van der Waals surface area contributed by atoms with Crippen molar-refractivity contribution < 1.29 is 14.4 Å². The number of hydrogen-bond donors (Lipinski definition) is 1. The normalized spacial score (nSPS) is 19.8. The van der Waals surface area contributed by atoms with E-state index in [1.165, 1.54) is 11.0 Å². The van der Waals surface area contributed by atoms with E-state index in [0.29, 0.717) is 11.4 Å². The van der Waals surface area contributed by atoms with Crippen LogP contribution in [0.5, 0.6) is 0 Å². The maximum Gasteiger partial charge on any atom is 0.331 e. The van der Waals surface area contributed by atoms with Gasteiger partial charge in [-0.3, -0.25) is 19.8 Å². The molecule has 0 radical (unpaired) electrons. The fourth-order valence-corrected chi connectivity index (χ4v) is 3.66. The molecule has 1 aromatic carbocycles. The van der Waals surface area contributed by atoms with Crippen LogP contribution in [-0.2, 0) is 9.59 Å². The largest absolute Gasteiger partial charge is 0.331 e. The second-order valence-electron chi connectivity index (χ2n) is 6.99. The summed E-state index contributed by atoms with van der Waals surface area (Å²) < 4.78 is 0. The third-order valence-corrected chi connectivity index (χ3v) is 5.09. The predicted molar refractivity (Wildman–Crippen MR) is 103 cm³/mol. The lowest BCUT2D eigenvalue weighted by molar-refractivity contribution is -0.132. The number of nitrogens with one attached hydrogen (secondary N) is 1. The Balaban J connectivity index is 1.59. The molecule has 2 aliphatic rings. The second-order valence-corrected chi connectivity index (χ2v) is 6.99. The highest BCUT2D eigenvalue weighted by atomic mass is 16.2. The summed E-state index contributed by atoms with van der Waals surface area (Å²) in [5.74, 6) is -0.678. The lowest BCUT2D eigenvalue weighted by atomic mass is 9.93. The van der Waals surface area contributed by atoms with E-state index >= 15 is 0 Å². The molecule has 1 saturated carbocycles. The number of carbonyl (C=O) groups excluding carboxylic acids is 3. The van der Waals surface area contributed by atoms with Gasteiger partial charge < -0.3 is 0 Å². The summed E-state index contributed by atoms with van der Waals surface area (Å²) in [6, 6.07) is 8.73. The molecule has 0 bridgehead atoms.